The summed E-state index contributed by atoms with van der Waals surface area (Å²) in [5, 5.41) is 11.0. The maximum atomic E-state index is 6.41. The minimum atomic E-state index is 0.0888. The third-order valence-electron chi connectivity index (χ3n) is 5.93. The van der Waals surface area contributed by atoms with Crippen molar-refractivity contribution in [1.29, 1.82) is 0 Å². The zero-order chi connectivity index (χ0) is 21.5. The molecule has 31 heavy (non-hydrogen) atoms. The topological polar surface area (TPSA) is 101 Å². The second kappa shape index (κ2) is 7.52. The van der Waals surface area contributed by atoms with Crippen LogP contribution in [0.5, 0.6) is 0 Å². The highest BCUT2D eigenvalue weighted by molar-refractivity contribution is 5.83. The predicted molar refractivity (Wildman–Crippen MR) is 126 cm³/mol. The quantitative estimate of drug-likeness (QED) is 0.381. The fourth-order valence-electron chi connectivity index (χ4n) is 4.44. The molecule has 1 aliphatic rings. The first-order valence-corrected chi connectivity index (χ1v) is 10.5. The Kier molecular flexibility index (Phi) is 4.67. The van der Waals surface area contributed by atoms with Crippen molar-refractivity contribution in [3.8, 4) is 11.1 Å². The average Bonchev–Trinajstić information content (AvgIpc) is 3.36. The second-order valence-electron chi connectivity index (χ2n) is 8.20. The van der Waals surface area contributed by atoms with Gasteiger partial charge >= 0.3 is 0 Å². The van der Waals surface area contributed by atoms with Gasteiger partial charge in [0, 0.05) is 59.4 Å². The Bertz CT molecular complexity index is 1280. The number of aryl methyl sites for hydroxylation is 1. The van der Waals surface area contributed by atoms with Gasteiger partial charge in [0.25, 0.3) is 0 Å². The number of hydrogen-bond donors (Lipinski definition) is 4. The van der Waals surface area contributed by atoms with Crippen LogP contribution in [0, 0.1) is 0 Å². The minimum Gasteiger partial charge on any atom is -0.401 e. The molecule has 2 aromatic carbocycles. The molecule has 1 aliphatic heterocycles. The summed E-state index contributed by atoms with van der Waals surface area (Å²) < 4.78 is 1.82. The van der Waals surface area contributed by atoms with E-state index in [1.807, 2.05) is 37.2 Å². The van der Waals surface area contributed by atoms with Crippen molar-refractivity contribution in [3.05, 3.63) is 77.9 Å². The van der Waals surface area contributed by atoms with Gasteiger partial charge in [-0.1, -0.05) is 12.1 Å². The van der Waals surface area contributed by atoms with Crippen molar-refractivity contribution in [2.75, 3.05) is 11.9 Å². The molecule has 4 aromatic rings. The lowest BCUT2D eigenvalue weighted by Crippen LogP contribution is -2.31. The first kappa shape index (κ1) is 19.3. The van der Waals surface area contributed by atoms with Gasteiger partial charge in [0.1, 0.15) is 0 Å². The number of allylic oxidation sites excluding steroid dienone is 1. The number of nitrogens with two attached hydrogens (primary N) is 2. The summed E-state index contributed by atoms with van der Waals surface area (Å²) in [5.74, 6) is 6.41. The highest BCUT2D eigenvalue weighted by Crippen LogP contribution is 2.37. The van der Waals surface area contributed by atoms with Crippen molar-refractivity contribution in [3.63, 3.8) is 0 Å². The van der Waals surface area contributed by atoms with E-state index in [-0.39, 0.29) is 6.04 Å². The molecule has 0 fully saturated rings. The van der Waals surface area contributed by atoms with E-state index in [4.69, 9.17) is 11.6 Å². The van der Waals surface area contributed by atoms with Gasteiger partial charge in [-0.05, 0) is 54.8 Å². The lowest BCUT2D eigenvalue weighted by Gasteiger charge is -2.22. The molecule has 0 radical (unpaired) electrons. The van der Waals surface area contributed by atoms with Crippen LogP contribution >= 0.6 is 0 Å². The Balaban J connectivity index is 1.61. The molecule has 0 saturated heterocycles. The maximum absolute atomic E-state index is 6.41. The number of nitrogens with one attached hydrogen (secondary N) is 2. The number of anilines is 1. The van der Waals surface area contributed by atoms with Crippen LogP contribution in [0.3, 0.4) is 0 Å². The zero-order valence-electron chi connectivity index (χ0n) is 17.8. The predicted octanol–water partition coefficient (Wildman–Crippen LogP) is 3.95. The van der Waals surface area contributed by atoms with Crippen molar-refractivity contribution in [1.82, 2.24) is 19.8 Å². The van der Waals surface area contributed by atoms with Gasteiger partial charge in [0.15, 0.2) is 0 Å². The number of hydrazine groups is 1. The first-order valence-electron chi connectivity index (χ1n) is 10.5. The van der Waals surface area contributed by atoms with Gasteiger partial charge < -0.3 is 21.0 Å². The number of benzene rings is 2. The Morgan fingerprint density at radius 1 is 1.16 bits per heavy atom. The molecule has 3 heterocycles. The van der Waals surface area contributed by atoms with Crippen molar-refractivity contribution in [2.45, 2.75) is 19.4 Å². The second-order valence-corrected chi connectivity index (χ2v) is 8.20. The number of rotatable bonds is 3. The molecular weight excluding hydrogens is 386 g/mol. The van der Waals surface area contributed by atoms with Crippen molar-refractivity contribution >= 4 is 22.3 Å². The zero-order valence-corrected chi connectivity index (χ0v) is 17.8. The maximum Gasteiger partial charge on any atom is 0.0777 e. The number of fused-ring (bicyclic) bond motifs is 2. The third-order valence-corrected chi connectivity index (χ3v) is 5.93. The van der Waals surface area contributed by atoms with E-state index in [1.165, 1.54) is 10.9 Å². The Morgan fingerprint density at radius 2 is 2.03 bits per heavy atom. The Morgan fingerprint density at radius 3 is 2.81 bits per heavy atom. The normalized spacial score (nSPS) is 18.0. The molecular formula is C24H27N7. The minimum absolute atomic E-state index is 0.0888. The number of nitrogens with zero attached hydrogens (tertiary/aromatic N) is 3. The summed E-state index contributed by atoms with van der Waals surface area (Å²) in [6.45, 7) is 2.60. The molecule has 1 unspecified atom stereocenters. The molecule has 0 amide bonds. The van der Waals surface area contributed by atoms with E-state index < -0.39 is 0 Å². The molecule has 0 aliphatic carbocycles. The molecule has 1 atom stereocenters. The summed E-state index contributed by atoms with van der Waals surface area (Å²) in [7, 11) is 1.93. The van der Waals surface area contributed by atoms with Gasteiger partial charge in [-0.25, -0.2) is 5.84 Å². The van der Waals surface area contributed by atoms with Crippen LogP contribution < -0.4 is 16.9 Å². The van der Waals surface area contributed by atoms with E-state index in [1.54, 1.807) is 5.01 Å². The molecule has 0 bridgehead atoms. The van der Waals surface area contributed by atoms with Crippen molar-refractivity contribution in [2.24, 2.45) is 18.6 Å². The van der Waals surface area contributed by atoms with Crippen LogP contribution in [-0.4, -0.2) is 26.3 Å². The van der Waals surface area contributed by atoms with Crippen molar-refractivity contribution < 1.29 is 0 Å². The van der Waals surface area contributed by atoms with Crippen LogP contribution in [0.25, 0.3) is 27.7 Å². The number of aromatic nitrogens is 3. The van der Waals surface area contributed by atoms with E-state index in [0.29, 0.717) is 12.2 Å². The molecule has 158 valence electrons. The van der Waals surface area contributed by atoms with E-state index in [0.717, 1.165) is 40.0 Å². The summed E-state index contributed by atoms with van der Waals surface area (Å²) in [5.41, 5.74) is 14.5. The van der Waals surface area contributed by atoms with Crippen LogP contribution in [0.1, 0.15) is 30.5 Å². The summed E-state index contributed by atoms with van der Waals surface area (Å²) in [4.78, 5) is 3.25. The van der Waals surface area contributed by atoms with Crippen LogP contribution in [-0.2, 0) is 7.05 Å². The van der Waals surface area contributed by atoms with Gasteiger partial charge in [0.2, 0.25) is 0 Å². The standard InChI is InChI=1S/C24H27N7/c1-15(25)24-20-5-3-16(18-13-28-30(2)14-18)12-21(20)23(8-10-31(24)26)29-19-4-6-22-17(11-19)7-9-27-22/h3-7,9,11-14,23,27,29H,8,10,25-26H2,1-2H3/b24-15-. The van der Waals surface area contributed by atoms with Gasteiger partial charge in [-0.2, -0.15) is 5.10 Å². The lowest BCUT2D eigenvalue weighted by molar-refractivity contribution is 0.402. The molecule has 2 aromatic heterocycles. The molecule has 7 heteroatoms. The van der Waals surface area contributed by atoms with Gasteiger partial charge in [-0.3, -0.25) is 4.68 Å². The fourth-order valence-corrected chi connectivity index (χ4v) is 4.44. The SMILES string of the molecule is C/C(N)=C1\c2ccc(-c3cnn(C)c3)cc2C(Nc2ccc3[nH]ccc3c2)CCN1N. The average molecular weight is 414 g/mol. The third kappa shape index (κ3) is 3.53. The van der Waals surface area contributed by atoms with Gasteiger partial charge in [-0.15, -0.1) is 0 Å². The van der Waals surface area contributed by atoms with E-state index in [9.17, 15) is 0 Å². The number of hydrogen-bond acceptors (Lipinski definition) is 5. The Labute approximate surface area is 181 Å². The Hall–Kier alpha value is -3.71. The first-order chi connectivity index (χ1) is 15.0. The molecule has 5 rings (SSSR count). The summed E-state index contributed by atoms with van der Waals surface area (Å²) in [6, 6.07) is 15.0. The molecule has 6 N–H and O–H groups in total. The fraction of sp³-hybridized carbons (Fsp3) is 0.208. The molecule has 7 nitrogen and oxygen atoms in total. The van der Waals surface area contributed by atoms with Crippen LogP contribution in [0.2, 0.25) is 0 Å². The van der Waals surface area contributed by atoms with Gasteiger partial charge in [0.05, 0.1) is 17.9 Å². The largest absolute Gasteiger partial charge is 0.401 e. The van der Waals surface area contributed by atoms with E-state index >= 15 is 0 Å². The highest BCUT2D eigenvalue weighted by Gasteiger charge is 2.26. The van der Waals surface area contributed by atoms with E-state index in [2.05, 4.69) is 57.9 Å². The summed E-state index contributed by atoms with van der Waals surface area (Å²) in [6.07, 6.45) is 6.73. The lowest BCUT2D eigenvalue weighted by atomic mass is 9.93. The monoisotopic (exact) mass is 413 g/mol. The van der Waals surface area contributed by atoms with Crippen LogP contribution in [0.15, 0.2) is 66.8 Å². The number of aromatic amines is 1. The highest BCUT2D eigenvalue weighted by atomic mass is 15.4. The molecule has 0 saturated carbocycles. The number of H-pyrrole nitrogens is 1. The summed E-state index contributed by atoms with van der Waals surface area (Å²) >= 11 is 0. The molecule has 0 spiro atoms. The smallest absolute Gasteiger partial charge is 0.0777 e. The van der Waals surface area contributed by atoms with Crippen LogP contribution in [0.4, 0.5) is 5.69 Å².